The number of halogens is 2. The van der Waals surface area contributed by atoms with E-state index >= 15 is 0 Å². The molecule has 0 atom stereocenters. The molecule has 3 aliphatic rings. The molecule has 310 valence electrons. The van der Waals surface area contributed by atoms with E-state index in [0.717, 1.165) is 33.3 Å². The highest BCUT2D eigenvalue weighted by Crippen LogP contribution is 2.44. The number of anilines is 1. The summed E-state index contributed by atoms with van der Waals surface area (Å²) in [4.78, 5) is 69.6. The third-order valence-corrected chi connectivity index (χ3v) is 10.7. The van der Waals surface area contributed by atoms with Crippen LogP contribution in [0.1, 0.15) is 37.4 Å². The maximum Gasteiger partial charge on any atom is 0.373 e. The Labute approximate surface area is 362 Å². The minimum absolute atomic E-state index is 0.0249. The quantitative estimate of drug-likeness (QED) is 0.115. The molecule has 2 heterocycles. The third-order valence-electron chi connectivity index (χ3n) is 10.0. The van der Waals surface area contributed by atoms with Crippen molar-refractivity contribution < 1.29 is 43.3 Å². The van der Waals surface area contributed by atoms with E-state index in [1.807, 2.05) is 61.5 Å². The number of fused-ring (bicyclic) bond motifs is 4. The number of benzene rings is 6. The second-order valence-electron chi connectivity index (χ2n) is 14.2. The number of hydrogen-bond acceptors (Lipinski definition) is 10. The lowest BCUT2D eigenvalue weighted by molar-refractivity contribution is -0.191. The van der Waals surface area contributed by atoms with E-state index in [-0.39, 0.29) is 50.6 Å². The Kier molecular flexibility index (Phi) is 12.0. The summed E-state index contributed by atoms with van der Waals surface area (Å²) in [6, 6.07) is 28.9. The van der Waals surface area contributed by atoms with E-state index in [1.165, 1.54) is 24.3 Å². The van der Waals surface area contributed by atoms with E-state index in [9.17, 15) is 29.4 Å². The van der Waals surface area contributed by atoms with E-state index < -0.39 is 24.3 Å². The Bertz CT molecular complexity index is 3160. The average molecular weight is 871 g/mol. The highest BCUT2D eigenvalue weighted by Gasteiger charge is 2.31. The molecular formula is C47H33Cl2N3O10. The maximum absolute atomic E-state index is 13.5. The summed E-state index contributed by atoms with van der Waals surface area (Å²) in [5, 5.41) is 27.5. The monoisotopic (exact) mass is 869 g/mol. The number of nitrogens with zero attached hydrogens (tertiary/aromatic N) is 1. The van der Waals surface area contributed by atoms with Gasteiger partial charge in [0, 0.05) is 83.0 Å². The molecule has 1 aliphatic carbocycles. The lowest BCUT2D eigenvalue weighted by Gasteiger charge is -2.25. The molecule has 13 nitrogen and oxygen atoms in total. The minimum atomic E-state index is -1.41. The Hall–Kier alpha value is -7.70. The summed E-state index contributed by atoms with van der Waals surface area (Å²) in [5.74, 6) is -1.41. The molecule has 0 aromatic heterocycles. The summed E-state index contributed by atoms with van der Waals surface area (Å²) < 4.78 is 12.2. The Balaban J connectivity index is 0.00000187. The van der Waals surface area contributed by atoms with Crippen LogP contribution in [-0.2, 0) is 20.9 Å². The number of amides is 2. The van der Waals surface area contributed by atoms with E-state index in [1.54, 1.807) is 36.4 Å². The molecule has 62 heavy (non-hydrogen) atoms. The van der Waals surface area contributed by atoms with Crippen LogP contribution in [0.4, 0.5) is 5.69 Å². The van der Waals surface area contributed by atoms with Gasteiger partial charge in [-0.15, -0.1) is 0 Å². The van der Waals surface area contributed by atoms with Crippen molar-refractivity contribution in [3.8, 4) is 39.7 Å². The number of ether oxygens (including phenoxy) is 1. The van der Waals surface area contributed by atoms with E-state index in [2.05, 4.69) is 17.2 Å². The zero-order chi connectivity index (χ0) is 44.4. The number of carbonyl (C=O) groups is 3. The highest BCUT2D eigenvalue weighted by atomic mass is 35.5. The first-order valence-electron chi connectivity index (χ1n) is 18.6. The van der Waals surface area contributed by atoms with Crippen molar-refractivity contribution in [2.45, 2.75) is 6.54 Å². The molecule has 8 rings (SSSR count). The zero-order valence-corrected chi connectivity index (χ0v) is 34.3. The van der Waals surface area contributed by atoms with Crippen LogP contribution in [0.15, 0.2) is 112 Å². The highest BCUT2D eigenvalue weighted by molar-refractivity contribution is 6.40. The normalized spacial score (nSPS) is 11.3. The van der Waals surface area contributed by atoms with Crippen LogP contribution in [0.3, 0.4) is 0 Å². The fraction of sp³-hybridized carbons (Fsp3) is 0.0851. The molecule has 0 unspecified atom stereocenters. The molecule has 0 radical (unpaired) electrons. The topological polar surface area (TPSA) is 193 Å². The molecule has 0 spiro atoms. The fourth-order valence-electron chi connectivity index (χ4n) is 7.19. The van der Waals surface area contributed by atoms with Crippen LogP contribution < -0.4 is 36.1 Å². The number of carbonyl (C=O) groups excluding carboxylic acids is 4. The molecule has 5 aromatic carbocycles. The van der Waals surface area contributed by atoms with Gasteiger partial charge >= 0.3 is 12.1 Å². The Morgan fingerprint density at radius 3 is 2.26 bits per heavy atom. The van der Waals surface area contributed by atoms with Crippen LogP contribution in [0.5, 0.6) is 17.2 Å². The number of hydrogen-bond donors (Lipinski definition) is 4. The van der Waals surface area contributed by atoms with Crippen molar-refractivity contribution in [3.63, 3.8) is 0 Å². The first-order valence-corrected chi connectivity index (χ1v) is 19.4. The van der Waals surface area contributed by atoms with Crippen LogP contribution in [0, 0.1) is 0 Å². The predicted molar refractivity (Wildman–Crippen MR) is 232 cm³/mol. The Morgan fingerprint density at radius 1 is 0.823 bits per heavy atom. The number of carboxylic acids is 1. The smallest absolute Gasteiger partial charge is 0.373 e. The number of aromatic carboxylic acids is 1. The molecule has 0 bridgehead atoms. The second-order valence-corrected chi connectivity index (χ2v) is 15.0. The molecule has 5 aromatic rings. The average Bonchev–Trinajstić information content (AvgIpc) is 3.23. The summed E-state index contributed by atoms with van der Waals surface area (Å²) in [5.41, 5.74) is 4.68. The molecule has 2 amide bonds. The van der Waals surface area contributed by atoms with E-state index in [4.69, 9.17) is 41.9 Å². The second kappa shape index (κ2) is 17.5. The lowest BCUT2D eigenvalue weighted by Crippen LogP contribution is -2.36. The largest absolute Gasteiger partial charge is 0.508 e. The minimum Gasteiger partial charge on any atom is -0.508 e. The van der Waals surface area contributed by atoms with Gasteiger partial charge in [0.1, 0.15) is 28.6 Å². The van der Waals surface area contributed by atoms with Gasteiger partial charge in [0.15, 0.2) is 5.43 Å². The summed E-state index contributed by atoms with van der Waals surface area (Å²) in [7, 11) is 3.77. The third kappa shape index (κ3) is 8.36. The molecular weight excluding hydrogens is 837 g/mol. The van der Waals surface area contributed by atoms with Crippen molar-refractivity contribution in [1.82, 2.24) is 10.6 Å². The van der Waals surface area contributed by atoms with Gasteiger partial charge in [0.2, 0.25) is 5.91 Å². The number of aromatic hydroxyl groups is 1. The zero-order valence-electron chi connectivity index (χ0n) is 32.8. The maximum atomic E-state index is 13.5. The first kappa shape index (κ1) is 42.4. The molecule has 0 saturated heterocycles. The van der Waals surface area contributed by atoms with Crippen molar-refractivity contribution in [2.24, 2.45) is 0 Å². The number of phenolic OH excluding ortho intramolecular Hbond substituents is 1. The Morgan fingerprint density at radius 2 is 1.55 bits per heavy atom. The van der Waals surface area contributed by atoms with Crippen LogP contribution in [0.25, 0.3) is 45.6 Å². The van der Waals surface area contributed by atoms with Gasteiger partial charge in [-0.2, -0.15) is 9.59 Å². The fourth-order valence-corrected chi connectivity index (χ4v) is 7.80. The van der Waals surface area contributed by atoms with Gasteiger partial charge in [-0.25, -0.2) is 4.79 Å². The molecule has 2 aliphatic heterocycles. The van der Waals surface area contributed by atoms with Crippen molar-refractivity contribution in [3.05, 3.63) is 162 Å². The van der Waals surface area contributed by atoms with E-state index in [0.29, 0.717) is 44.4 Å². The molecule has 0 saturated carbocycles. The predicted octanol–water partition coefficient (Wildman–Crippen LogP) is 6.57. The van der Waals surface area contributed by atoms with Crippen LogP contribution in [0.2, 0.25) is 10.0 Å². The summed E-state index contributed by atoms with van der Waals surface area (Å²) in [6.45, 7) is 3.70. The van der Waals surface area contributed by atoms with Crippen molar-refractivity contribution in [1.29, 1.82) is 0 Å². The molecule has 15 heteroatoms. The molecule has 4 N–H and O–H groups in total. The van der Waals surface area contributed by atoms with Crippen LogP contribution in [-0.4, -0.2) is 54.8 Å². The lowest BCUT2D eigenvalue weighted by atomic mass is 9.88. The number of carboxylic acid groups (broad SMARTS) is 1. The standard InChI is InChI=1S/C46H33Cl2N3O8.CO2/c1-23-4-12-31-35(16-23)58-36-17-26(51(2)3)9-13-32(36)41(31)42-34(47)20-33(44(48)43(42)46(56)57)45(55)50-22-39(54)49-21-24-5-7-25(8-6-24)40-29-14-10-27(52)18-37(29)59-38-19-28(53)11-15-30(38)40;2-1-3/h4-20,52H,1,21-22H2,2-3H3,(H,49,54)(H,50,55)(H,56,57);. The van der Waals surface area contributed by atoms with Gasteiger partial charge in [-0.1, -0.05) is 66.2 Å². The van der Waals surface area contributed by atoms with Gasteiger partial charge in [0.05, 0.1) is 27.7 Å². The number of nitrogens with one attached hydrogen (secondary N) is 2. The van der Waals surface area contributed by atoms with Gasteiger partial charge in [0.25, 0.3) is 5.91 Å². The number of phenols is 1. The summed E-state index contributed by atoms with van der Waals surface area (Å²) in [6.07, 6.45) is 0.250. The van der Waals surface area contributed by atoms with Gasteiger partial charge in [-0.05, 0) is 64.9 Å². The molecule has 0 fully saturated rings. The summed E-state index contributed by atoms with van der Waals surface area (Å²) >= 11 is 13.6. The van der Waals surface area contributed by atoms with Gasteiger partial charge < -0.3 is 34.9 Å². The van der Waals surface area contributed by atoms with Gasteiger partial charge in [-0.3, -0.25) is 14.4 Å². The van der Waals surface area contributed by atoms with Crippen molar-refractivity contribution >= 4 is 75.9 Å². The number of rotatable bonds is 9. The van der Waals surface area contributed by atoms with Crippen molar-refractivity contribution in [2.75, 3.05) is 25.5 Å². The SMILES string of the molecule is C=c1ccc2c(c1)Oc1cc(N(C)C)ccc1C=2c1c(Cl)cc(C(=O)NCC(=O)NCc2ccc(-c3c4ccc(=O)cc-4oc4cc(O)ccc34)cc2)c(Cl)c1C(=O)O.O=C=O. The first-order chi connectivity index (χ1) is 29.7. The van der Waals surface area contributed by atoms with Crippen LogP contribution >= 0.6 is 23.2 Å².